The lowest BCUT2D eigenvalue weighted by Gasteiger charge is -2.13. The molecule has 0 saturated carbocycles. The molecular formula is C19H15F4NO2S. The van der Waals surface area contributed by atoms with Gasteiger partial charge in [-0.2, -0.15) is 13.2 Å². The van der Waals surface area contributed by atoms with Gasteiger partial charge in [0.1, 0.15) is 5.82 Å². The SMILES string of the molecule is COCc1c(C(=O)Nc2ccc(C)c(C(F)(F)F)c2)sc2cccc(F)c12. The lowest BCUT2D eigenvalue weighted by molar-refractivity contribution is -0.138. The third kappa shape index (κ3) is 3.81. The van der Waals surface area contributed by atoms with E-state index in [4.69, 9.17) is 4.74 Å². The number of aryl methyl sites for hydroxylation is 1. The molecule has 27 heavy (non-hydrogen) atoms. The van der Waals surface area contributed by atoms with Crippen molar-refractivity contribution in [3.05, 3.63) is 63.8 Å². The van der Waals surface area contributed by atoms with Gasteiger partial charge in [0.2, 0.25) is 0 Å². The van der Waals surface area contributed by atoms with Crippen molar-refractivity contribution in [1.29, 1.82) is 0 Å². The number of carbonyl (C=O) groups is 1. The Balaban J connectivity index is 2.00. The summed E-state index contributed by atoms with van der Waals surface area (Å²) < 4.78 is 59.0. The topological polar surface area (TPSA) is 38.3 Å². The zero-order chi connectivity index (χ0) is 19.8. The van der Waals surface area contributed by atoms with Gasteiger partial charge in [0.25, 0.3) is 5.91 Å². The monoisotopic (exact) mass is 397 g/mol. The normalized spacial score (nSPS) is 11.8. The number of halogens is 4. The van der Waals surface area contributed by atoms with Gasteiger partial charge in [-0.15, -0.1) is 11.3 Å². The molecule has 0 bridgehead atoms. The van der Waals surface area contributed by atoms with Crippen LogP contribution in [0.15, 0.2) is 36.4 Å². The van der Waals surface area contributed by atoms with Crippen LogP contribution >= 0.6 is 11.3 Å². The highest BCUT2D eigenvalue weighted by atomic mass is 32.1. The molecule has 0 aliphatic carbocycles. The number of methoxy groups -OCH3 is 1. The molecule has 0 radical (unpaired) electrons. The molecule has 2 aromatic carbocycles. The highest BCUT2D eigenvalue weighted by Gasteiger charge is 2.32. The summed E-state index contributed by atoms with van der Waals surface area (Å²) in [7, 11) is 1.42. The predicted octanol–water partition coefficient (Wildman–Crippen LogP) is 5.77. The average molecular weight is 397 g/mol. The standard InChI is InChI=1S/C19H15F4NO2S/c1-10-6-7-11(8-13(10)19(21,22)23)24-18(25)17-12(9-26-2)16-14(20)4-3-5-15(16)27-17/h3-8H,9H2,1-2H3,(H,24,25). The van der Waals surface area contributed by atoms with E-state index in [-0.39, 0.29) is 28.1 Å². The number of rotatable bonds is 4. The van der Waals surface area contributed by atoms with Crippen molar-refractivity contribution in [3.8, 4) is 0 Å². The summed E-state index contributed by atoms with van der Waals surface area (Å²) in [6.45, 7) is 1.35. The summed E-state index contributed by atoms with van der Waals surface area (Å²) in [4.78, 5) is 12.9. The first kappa shape index (κ1) is 19.3. The molecule has 0 saturated heterocycles. The number of anilines is 1. The van der Waals surface area contributed by atoms with Crippen molar-refractivity contribution < 1.29 is 27.1 Å². The van der Waals surface area contributed by atoms with Crippen LogP contribution in [0.2, 0.25) is 0 Å². The van der Waals surface area contributed by atoms with Gasteiger partial charge in [-0.3, -0.25) is 4.79 Å². The minimum absolute atomic E-state index is 0.00534. The summed E-state index contributed by atoms with van der Waals surface area (Å²) in [5.41, 5.74) is -0.375. The van der Waals surface area contributed by atoms with Gasteiger partial charge in [0.15, 0.2) is 0 Å². The summed E-state index contributed by atoms with van der Waals surface area (Å²) in [5.74, 6) is -1.09. The van der Waals surface area contributed by atoms with Crippen LogP contribution in [-0.2, 0) is 17.5 Å². The summed E-state index contributed by atoms with van der Waals surface area (Å²) >= 11 is 1.06. The van der Waals surface area contributed by atoms with Crippen LogP contribution in [0.25, 0.3) is 10.1 Å². The Bertz CT molecular complexity index is 1010. The molecule has 0 unspecified atom stereocenters. The molecular weight excluding hydrogens is 382 g/mol. The second kappa shape index (κ2) is 7.28. The fourth-order valence-electron chi connectivity index (χ4n) is 2.83. The molecule has 1 heterocycles. The average Bonchev–Trinajstić information content (AvgIpc) is 2.96. The van der Waals surface area contributed by atoms with E-state index in [9.17, 15) is 22.4 Å². The highest BCUT2D eigenvalue weighted by Crippen LogP contribution is 2.36. The van der Waals surface area contributed by atoms with E-state index in [1.807, 2.05) is 0 Å². The van der Waals surface area contributed by atoms with Crippen LogP contribution in [0.5, 0.6) is 0 Å². The highest BCUT2D eigenvalue weighted by molar-refractivity contribution is 7.21. The molecule has 0 aliphatic rings. The van der Waals surface area contributed by atoms with Crippen molar-refractivity contribution >= 4 is 33.0 Å². The van der Waals surface area contributed by atoms with Crippen molar-refractivity contribution in [2.24, 2.45) is 0 Å². The molecule has 0 fully saturated rings. The van der Waals surface area contributed by atoms with E-state index in [1.165, 1.54) is 38.3 Å². The van der Waals surface area contributed by atoms with Crippen LogP contribution in [0.3, 0.4) is 0 Å². The van der Waals surface area contributed by atoms with E-state index < -0.39 is 23.5 Å². The second-order valence-corrected chi connectivity index (χ2v) is 6.99. The maximum Gasteiger partial charge on any atom is 0.416 e. The van der Waals surface area contributed by atoms with Gasteiger partial charge in [-0.1, -0.05) is 12.1 Å². The minimum atomic E-state index is -4.52. The Morgan fingerprint density at radius 1 is 1.22 bits per heavy atom. The Morgan fingerprint density at radius 3 is 2.63 bits per heavy atom. The molecule has 1 amide bonds. The molecule has 3 nitrogen and oxygen atoms in total. The number of hydrogen-bond donors (Lipinski definition) is 1. The molecule has 0 aliphatic heterocycles. The van der Waals surface area contributed by atoms with E-state index >= 15 is 0 Å². The van der Waals surface area contributed by atoms with Crippen molar-refractivity contribution in [3.63, 3.8) is 0 Å². The van der Waals surface area contributed by atoms with E-state index in [0.29, 0.717) is 10.3 Å². The summed E-state index contributed by atoms with van der Waals surface area (Å²) in [6, 6.07) is 8.06. The molecule has 0 spiro atoms. The maximum absolute atomic E-state index is 14.2. The van der Waals surface area contributed by atoms with Crippen LogP contribution < -0.4 is 5.32 Å². The lowest BCUT2D eigenvalue weighted by atomic mass is 10.1. The number of thiophene rings is 1. The molecule has 1 N–H and O–H groups in total. The van der Waals surface area contributed by atoms with E-state index in [2.05, 4.69) is 5.32 Å². The number of nitrogens with one attached hydrogen (secondary N) is 1. The van der Waals surface area contributed by atoms with Gasteiger partial charge in [0, 0.05) is 28.4 Å². The number of ether oxygens (including phenoxy) is 1. The predicted molar refractivity (Wildman–Crippen MR) is 96.6 cm³/mol. The maximum atomic E-state index is 14.2. The lowest BCUT2D eigenvalue weighted by Crippen LogP contribution is -2.14. The first-order valence-corrected chi connectivity index (χ1v) is 8.72. The number of alkyl halides is 3. The molecule has 142 valence electrons. The Kier molecular flexibility index (Phi) is 5.21. The smallest absolute Gasteiger partial charge is 0.380 e. The Hall–Kier alpha value is -2.45. The quantitative estimate of drug-likeness (QED) is 0.568. The fraction of sp³-hybridized carbons (Fsp3) is 0.211. The fourth-order valence-corrected chi connectivity index (χ4v) is 3.94. The van der Waals surface area contributed by atoms with Gasteiger partial charge >= 0.3 is 6.18 Å². The number of hydrogen-bond acceptors (Lipinski definition) is 3. The number of fused-ring (bicyclic) bond motifs is 1. The first-order valence-electron chi connectivity index (χ1n) is 7.90. The largest absolute Gasteiger partial charge is 0.416 e. The zero-order valence-corrected chi connectivity index (χ0v) is 15.2. The summed E-state index contributed by atoms with van der Waals surface area (Å²) in [5, 5.41) is 2.76. The van der Waals surface area contributed by atoms with Crippen LogP contribution in [0, 0.1) is 12.7 Å². The van der Waals surface area contributed by atoms with Crippen molar-refractivity contribution in [1.82, 2.24) is 0 Å². The van der Waals surface area contributed by atoms with E-state index in [0.717, 1.165) is 17.4 Å². The van der Waals surface area contributed by atoms with Crippen LogP contribution in [0.4, 0.5) is 23.2 Å². The molecule has 8 heteroatoms. The molecule has 0 atom stereocenters. The van der Waals surface area contributed by atoms with Gasteiger partial charge in [-0.05, 0) is 36.8 Å². The molecule has 1 aromatic heterocycles. The second-order valence-electron chi connectivity index (χ2n) is 5.94. The third-order valence-corrected chi connectivity index (χ3v) is 5.26. The zero-order valence-electron chi connectivity index (χ0n) is 14.4. The number of carbonyl (C=O) groups excluding carboxylic acids is 1. The number of benzene rings is 2. The third-order valence-electron chi connectivity index (χ3n) is 4.06. The Morgan fingerprint density at radius 2 is 1.96 bits per heavy atom. The Labute approximate surface area is 156 Å². The van der Waals surface area contributed by atoms with Crippen molar-refractivity contribution in [2.45, 2.75) is 19.7 Å². The van der Waals surface area contributed by atoms with E-state index in [1.54, 1.807) is 6.07 Å². The van der Waals surface area contributed by atoms with Crippen LogP contribution in [0.1, 0.15) is 26.4 Å². The minimum Gasteiger partial charge on any atom is -0.380 e. The number of amides is 1. The summed E-state index contributed by atoms with van der Waals surface area (Å²) in [6.07, 6.45) is -4.52. The van der Waals surface area contributed by atoms with Gasteiger partial charge < -0.3 is 10.1 Å². The molecule has 3 rings (SSSR count). The van der Waals surface area contributed by atoms with Crippen molar-refractivity contribution in [2.75, 3.05) is 12.4 Å². The molecule has 3 aromatic rings. The van der Waals surface area contributed by atoms with Gasteiger partial charge in [0.05, 0.1) is 17.0 Å². The van der Waals surface area contributed by atoms with Crippen LogP contribution in [-0.4, -0.2) is 13.0 Å². The van der Waals surface area contributed by atoms with Gasteiger partial charge in [-0.25, -0.2) is 4.39 Å². The first-order chi connectivity index (χ1) is 12.7.